The van der Waals surface area contributed by atoms with Crippen molar-refractivity contribution < 1.29 is 19.0 Å². The molecule has 1 fully saturated rings. The predicted molar refractivity (Wildman–Crippen MR) is 68.0 cm³/mol. The van der Waals surface area contributed by atoms with Crippen LogP contribution < -0.4 is 0 Å². The summed E-state index contributed by atoms with van der Waals surface area (Å²) in [4.78, 5) is 12.7. The number of carbonyl (C=O) groups excluding carboxylic acids is 1. The van der Waals surface area contributed by atoms with Gasteiger partial charge in [-0.25, -0.2) is 9.18 Å². The smallest absolute Gasteiger partial charge is 0.413 e. The van der Waals surface area contributed by atoms with Crippen LogP contribution in [-0.4, -0.2) is 35.9 Å². The van der Waals surface area contributed by atoms with E-state index in [4.69, 9.17) is 4.74 Å². The standard InChI is InChI=1S/C14H16FNO3/c15-13-5-3-11(4-6-13)12(10-17)2-1-7-16-8-9-19-14(16)18/h1,3-7,12,17H,2,8-10H2/b7-1+. The van der Waals surface area contributed by atoms with Gasteiger partial charge in [-0.1, -0.05) is 18.2 Å². The molecule has 4 nitrogen and oxygen atoms in total. The number of aliphatic hydroxyl groups excluding tert-OH is 1. The van der Waals surface area contributed by atoms with Crippen LogP contribution in [0.25, 0.3) is 0 Å². The van der Waals surface area contributed by atoms with Crippen LogP contribution in [0.3, 0.4) is 0 Å². The average molecular weight is 265 g/mol. The zero-order chi connectivity index (χ0) is 13.7. The van der Waals surface area contributed by atoms with E-state index >= 15 is 0 Å². The van der Waals surface area contributed by atoms with E-state index in [-0.39, 0.29) is 24.4 Å². The van der Waals surface area contributed by atoms with Gasteiger partial charge >= 0.3 is 6.09 Å². The summed E-state index contributed by atoms with van der Waals surface area (Å²) in [6, 6.07) is 6.07. The van der Waals surface area contributed by atoms with Gasteiger partial charge in [0.1, 0.15) is 12.4 Å². The summed E-state index contributed by atoms with van der Waals surface area (Å²) < 4.78 is 17.6. The minimum atomic E-state index is -0.349. The lowest BCUT2D eigenvalue weighted by Gasteiger charge is -2.13. The topological polar surface area (TPSA) is 49.8 Å². The van der Waals surface area contributed by atoms with Crippen molar-refractivity contribution >= 4 is 6.09 Å². The summed E-state index contributed by atoms with van der Waals surface area (Å²) in [5.74, 6) is -0.397. The number of benzene rings is 1. The molecular formula is C14H16FNO3. The van der Waals surface area contributed by atoms with Crippen molar-refractivity contribution in [1.82, 2.24) is 4.90 Å². The van der Waals surface area contributed by atoms with Crippen molar-refractivity contribution in [3.8, 4) is 0 Å². The van der Waals surface area contributed by atoms with E-state index in [1.807, 2.05) is 6.08 Å². The van der Waals surface area contributed by atoms with E-state index in [1.165, 1.54) is 17.0 Å². The first kappa shape index (κ1) is 13.5. The zero-order valence-corrected chi connectivity index (χ0v) is 10.5. The van der Waals surface area contributed by atoms with Crippen LogP contribution in [0.2, 0.25) is 0 Å². The summed E-state index contributed by atoms with van der Waals surface area (Å²) in [6.45, 7) is 0.931. The number of cyclic esters (lactones) is 1. The van der Waals surface area contributed by atoms with Gasteiger partial charge in [-0.15, -0.1) is 0 Å². The SMILES string of the molecule is O=C1OCCN1/C=C/CC(CO)c1ccc(F)cc1. The molecule has 1 aliphatic rings. The third-order valence-electron chi connectivity index (χ3n) is 3.06. The second kappa shape index (κ2) is 6.33. The second-order valence-electron chi connectivity index (χ2n) is 4.36. The molecule has 0 radical (unpaired) electrons. The van der Waals surface area contributed by atoms with Gasteiger partial charge in [0.2, 0.25) is 0 Å². The zero-order valence-electron chi connectivity index (χ0n) is 10.5. The van der Waals surface area contributed by atoms with E-state index in [0.717, 1.165) is 5.56 Å². The first-order chi connectivity index (χ1) is 9.20. The maximum Gasteiger partial charge on any atom is 0.413 e. The molecule has 0 saturated carbocycles. The van der Waals surface area contributed by atoms with Gasteiger partial charge in [0.15, 0.2) is 0 Å². The highest BCUT2D eigenvalue weighted by Gasteiger charge is 2.19. The first-order valence-electron chi connectivity index (χ1n) is 6.17. The second-order valence-corrected chi connectivity index (χ2v) is 4.36. The van der Waals surface area contributed by atoms with Crippen molar-refractivity contribution in [2.45, 2.75) is 12.3 Å². The summed E-state index contributed by atoms with van der Waals surface area (Å²) in [5.41, 5.74) is 0.873. The van der Waals surface area contributed by atoms with Crippen LogP contribution in [0, 0.1) is 5.82 Å². The normalized spacial score (nSPS) is 16.9. The molecular weight excluding hydrogens is 249 g/mol. The number of rotatable bonds is 5. The van der Waals surface area contributed by atoms with E-state index in [9.17, 15) is 14.3 Å². The van der Waals surface area contributed by atoms with Gasteiger partial charge in [-0.3, -0.25) is 4.90 Å². The minimum Gasteiger partial charge on any atom is -0.447 e. The van der Waals surface area contributed by atoms with Gasteiger partial charge in [0.05, 0.1) is 13.2 Å². The molecule has 1 atom stereocenters. The molecule has 1 aromatic rings. The Labute approximate surface area is 111 Å². The Bertz CT molecular complexity index is 458. The fourth-order valence-electron chi connectivity index (χ4n) is 1.94. The minimum absolute atomic E-state index is 0.0274. The number of hydrogen-bond donors (Lipinski definition) is 1. The summed E-state index contributed by atoms with van der Waals surface area (Å²) in [6.07, 6.45) is 3.71. The monoisotopic (exact) mass is 265 g/mol. The Morgan fingerprint density at radius 3 is 2.74 bits per heavy atom. The largest absolute Gasteiger partial charge is 0.447 e. The van der Waals surface area contributed by atoms with Gasteiger partial charge in [-0.2, -0.15) is 0 Å². The number of aliphatic hydroxyl groups is 1. The molecule has 1 aromatic carbocycles. The van der Waals surface area contributed by atoms with E-state index < -0.39 is 0 Å². The Morgan fingerprint density at radius 1 is 1.42 bits per heavy atom. The molecule has 0 aromatic heterocycles. The molecule has 2 rings (SSSR count). The van der Waals surface area contributed by atoms with Gasteiger partial charge < -0.3 is 9.84 Å². The van der Waals surface area contributed by atoms with Crippen LogP contribution in [0.4, 0.5) is 9.18 Å². The van der Waals surface area contributed by atoms with Crippen LogP contribution >= 0.6 is 0 Å². The molecule has 5 heteroatoms. The number of halogens is 1. The molecule has 102 valence electrons. The molecule has 1 N–H and O–H groups in total. The number of hydrogen-bond acceptors (Lipinski definition) is 3. The highest BCUT2D eigenvalue weighted by Crippen LogP contribution is 2.20. The first-order valence-corrected chi connectivity index (χ1v) is 6.17. The van der Waals surface area contributed by atoms with E-state index in [1.54, 1.807) is 18.3 Å². The summed E-state index contributed by atoms with van der Waals surface area (Å²) in [5, 5.41) is 9.36. The number of amides is 1. The van der Waals surface area contributed by atoms with Gasteiger partial charge in [-0.05, 0) is 24.1 Å². The number of allylic oxidation sites excluding steroid dienone is 1. The van der Waals surface area contributed by atoms with E-state index in [2.05, 4.69) is 0 Å². The third-order valence-corrected chi connectivity index (χ3v) is 3.06. The number of ether oxygens (including phenoxy) is 1. The molecule has 1 aliphatic heterocycles. The van der Waals surface area contributed by atoms with Crippen molar-refractivity contribution in [3.63, 3.8) is 0 Å². The fourth-order valence-corrected chi connectivity index (χ4v) is 1.94. The lowest BCUT2D eigenvalue weighted by molar-refractivity contribution is 0.166. The third kappa shape index (κ3) is 3.54. The molecule has 1 amide bonds. The quantitative estimate of drug-likeness (QED) is 0.888. The van der Waals surface area contributed by atoms with Gasteiger partial charge in [0.25, 0.3) is 0 Å². The number of nitrogens with zero attached hydrogens (tertiary/aromatic N) is 1. The van der Waals surface area contributed by atoms with Crippen molar-refractivity contribution in [1.29, 1.82) is 0 Å². The van der Waals surface area contributed by atoms with E-state index in [0.29, 0.717) is 19.6 Å². The van der Waals surface area contributed by atoms with Gasteiger partial charge in [0, 0.05) is 12.1 Å². The summed E-state index contributed by atoms with van der Waals surface area (Å²) in [7, 11) is 0. The molecule has 0 bridgehead atoms. The highest BCUT2D eigenvalue weighted by atomic mass is 19.1. The molecule has 1 heterocycles. The molecule has 0 aliphatic carbocycles. The average Bonchev–Trinajstić information content (AvgIpc) is 2.82. The maximum atomic E-state index is 12.8. The van der Waals surface area contributed by atoms with Crippen LogP contribution in [-0.2, 0) is 4.74 Å². The Hall–Kier alpha value is -1.88. The Morgan fingerprint density at radius 2 is 2.16 bits per heavy atom. The van der Waals surface area contributed by atoms with Crippen molar-refractivity contribution in [2.24, 2.45) is 0 Å². The Kier molecular flexibility index (Phi) is 4.52. The fraction of sp³-hybridized carbons (Fsp3) is 0.357. The summed E-state index contributed by atoms with van der Waals surface area (Å²) >= 11 is 0. The molecule has 19 heavy (non-hydrogen) atoms. The van der Waals surface area contributed by atoms with Crippen molar-refractivity contribution in [3.05, 3.63) is 47.9 Å². The highest BCUT2D eigenvalue weighted by molar-refractivity contribution is 5.70. The van der Waals surface area contributed by atoms with Crippen LogP contribution in [0.1, 0.15) is 17.9 Å². The maximum absolute atomic E-state index is 12.8. The molecule has 0 spiro atoms. The van der Waals surface area contributed by atoms with Crippen LogP contribution in [0.15, 0.2) is 36.5 Å². The lowest BCUT2D eigenvalue weighted by atomic mass is 9.96. The molecule has 1 saturated heterocycles. The lowest BCUT2D eigenvalue weighted by Crippen LogP contribution is -2.16. The number of carbonyl (C=O) groups is 1. The Balaban J connectivity index is 1.94. The van der Waals surface area contributed by atoms with Crippen LogP contribution in [0.5, 0.6) is 0 Å². The predicted octanol–water partition coefficient (Wildman–Crippen LogP) is 2.26. The van der Waals surface area contributed by atoms with Crippen molar-refractivity contribution in [2.75, 3.05) is 19.8 Å². The molecule has 1 unspecified atom stereocenters.